The summed E-state index contributed by atoms with van der Waals surface area (Å²) >= 11 is 1.14. The van der Waals surface area contributed by atoms with E-state index in [1.807, 2.05) is 4.98 Å². The van der Waals surface area contributed by atoms with E-state index >= 15 is 0 Å². The summed E-state index contributed by atoms with van der Waals surface area (Å²) in [6.07, 6.45) is 0.900. The maximum absolute atomic E-state index is 12.9. The third-order valence-corrected chi connectivity index (χ3v) is 4.02. The summed E-state index contributed by atoms with van der Waals surface area (Å²) in [6, 6.07) is 5.70. The number of hydrogen-bond acceptors (Lipinski definition) is 7. The number of hydrogen-bond donors (Lipinski definition) is 3. The zero-order chi connectivity index (χ0) is 19.4. The lowest BCUT2D eigenvalue weighted by Gasteiger charge is -2.04. The number of carbonyl (C=O) groups is 2. The van der Waals surface area contributed by atoms with Gasteiger partial charge in [-0.15, -0.1) is 11.3 Å². The molecule has 0 saturated carbocycles. The highest BCUT2D eigenvalue weighted by Crippen LogP contribution is 2.24. The topological polar surface area (TPSA) is 134 Å². The number of esters is 1. The predicted molar refractivity (Wildman–Crippen MR) is 94.1 cm³/mol. The third-order valence-electron chi connectivity index (χ3n) is 3.26. The summed E-state index contributed by atoms with van der Waals surface area (Å²) in [7, 11) is 0. The van der Waals surface area contributed by atoms with Crippen LogP contribution in [0.3, 0.4) is 0 Å². The molecule has 0 bridgehead atoms. The third kappa shape index (κ3) is 4.52. The van der Waals surface area contributed by atoms with Gasteiger partial charge < -0.3 is 9.72 Å². The highest BCUT2D eigenvalue weighted by Gasteiger charge is 2.15. The minimum atomic E-state index is -1.06. The second-order valence-electron chi connectivity index (χ2n) is 5.15. The molecule has 9 nitrogen and oxygen atoms in total. The van der Waals surface area contributed by atoms with Crippen LogP contribution in [0.25, 0.3) is 11.3 Å². The summed E-state index contributed by atoms with van der Waals surface area (Å²) in [4.78, 5) is 54.2. The van der Waals surface area contributed by atoms with E-state index in [1.165, 1.54) is 12.1 Å². The fourth-order valence-electron chi connectivity index (χ4n) is 2.01. The number of carbonyl (C=O) groups excluding carboxylic acids is 2. The summed E-state index contributed by atoms with van der Waals surface area (Å²) in [5.74, 6) is -2.09. The second kappa shape index (κ2) is 7.74. The lowest BCUT2D eigenvalue weighted by Crippen LogP contribution is -2.29. The Morgan fingerprint density at radius 2 is 1.96 bits per heavy atom. The van der Waals surface area contributed by atoms with Gasteiger partial charge in [-0.1, -0.05) is 0 Å². The SMILES string of the molecule is O=C(COC(=O)c1c[nH]c(=O)[nH]c1=O)Nc1nc(-c2ccc(F)cc2)cs1. The Labute approximate surface area is 153 Å². The van der Waals surface area contributed by atoms with Gasteiger partial charge in [-0.3, -0.25) is 19.9 Å². The Bertz CT molecular complexity index is 1100. The lowest BCUT2D eigenvalue weighted by molar-refractivity contribution is -0.119. The van der Waals surface area contributed by atoms with Crippen molar-refractivity contribution in [3.8, 4) is 11.3 Å². The molecule has 11 heteroatoms. The van der Waals surface area contributed by atoms with Crippen molar-refractivity contribution in [2.45, 2.75) is 0 Å². The summed E-state index contributed by atoms with van der Waals surface area (Å²) < 4.78 is 17.7. The van der Waals surface area contributed by atoms with E-state index in [-0.39, 0.29) is 10.9 Å². The van der Waals surface area contributed by atoms with Crippen LogP contribution in [0, 0.1) is 5.82 Å². The van der Waals surface area contributed by atoms with Gasteiger partial charge in [0, 0.05) is 17.1 Å². The number of ether oxygens (including phenoxy) is 1. The molecule has 2 heterocycles. The molecule has 3 N–H and O–H groups in total. The molecule has 0 unspecified atom stereocenters. The molecule has 0 fully saturated rings. The van der Waals surface area contributed by atoms with Crippen molar-refractivity contribution in [2.75, 3.05) is 11.9 Å². The molecule has 2 aromatic heterocycles. The standard InChI is InChI=1S/C16H11FN4O5S/c17-9-3-1-8(2-4-9)11-7-27-16(19-11)20-12(22)6-26-14(24)10-5-18-15(25)21-13(10)23/h1-5,7H,6H2,(H,19,20,22)(H2,18,21,23,25). The van der Waals surface area contributed by atoms with E-state index in [2.05, 4.69) is 15.3 Å². The molecule has 0 saturated heterocycles. The average molecular weight is 390 g/mol. The monoisotopic (exact) mass is 390 g/mol. The van der Waals surface area contributed by atoms with Crippen LogP contribution >= 0.6 is 11.3 Å². The van der Waals surface area contributed by atoms with Gasteiger partial charge in [0.25, 0.3) is 11.5 Å². The molecule has 0 aliphatic rings. The number of nitrogens with zero attached hydrogens (tertiary/aromatic N) is 1. The zero-order valence-electron chi connectivity index (χ0n) is 13.4. The van der Waals surface area contributed by atoms with Gasteiger partial charge >= 0.3 is 11.7 Å². The van der Waals surface area contributed by atoms with Crippen molar-refractivity contribution >= 4 is 28.3 Å². The number of nitrogens with one attached hydrogen (secondary N) is 3. The quantitative estimate of drug-likeness (QED) is 0.559. The largest absolute Gasteiger partial charge is 0.452 e. The molecule has 3 rings (SSSR count). The van der Waals surface area contributed by atoms with Gasteiger partial charge in [-0.2, -0.15) is 0 Å². The fraction of sp³-hybridized carbons (Fsp3) is 0.0625. The van der Waals surface area contributed by atoms with Gasteiger partial charge in [-0.05, 0) is 24.3 Å². The van der Waals surface area contributed by atoms with E-state index in [0.29, 0.717) is 11.3 Å². The van der Waals surface area contributed by atoms with Crippen molar-refractivity contribution in [1.82, 2.24) is 15.0 Å². The number of halogens is 1. The van der Waals surface area contributed by atoms with E-state index in [4.69, 9.17) is 4.74 Å². The Kier molecular flexibility index (Phi) is 5.22. The fourth-order valence-corrected chi connectivity index (χ4v) is 2.75. The molecule has 0 atom stereocenters. The van der Waals surface area contributed by atoms with Crippen LogP contribution < -0.4 is 16.6 Å². The Morgan fingerprint density at radius 3 is 2.67 bits per heavy atom. The minimum Gasteiger partial charge on any atom is -0.452 e. The number of anilines is 1. The van der Waals surface area contributed by atoms with E-state index in [9.17, 15) is 23.6 Å². The number of benzene rings is 1. The molecule has 0 spiro atoms. The molecular weight excluding hydrogens is 379 g/mol. The van der Waals surface area contributed by atoms with Crippen LogP contribution in [0.15, 0.2) is 45.4 Å². The van der Waals surface area contributed by atoms with Crippen LogP contribution in [-0.2, 0) is 9.53 Å². The van der Waals surface area contributed by atoms with Crippen LogP contribution in [0.5, 0.6) is 0 Å². The minimum absolute atomic E-state index is 0.261. The van der Waals surface area contributed by atoms with Crippen molar-refractivity contribution in [1.29, 1.82) is 0 Å². The van der Waals surface area contributed by atoms with Gasteiger partial charge in [0.2, 0.25) is 0 Å². The highest BCUT2D eigenvalue weighted by atomic mass is 32.1. The van der Waals surface area contributed by atoms with Crippen molar-refractivity contribution in [2.24, 2.45) is 0 Å². The van der Waals surface area contributed by atoms with E-state index in [1.54, 1.807) is 17.5 Å². The normalized spacial score (nSPS) is 10.4. The first-order chi connectivity index (χ1) is 12.9. The maximum Gasteiger partial charge on any atom is 0.345 e. The van der Waals surface area contributed by atoms with E-state index < -0.39 is 35.3 Å². The Hall–Kier alpha value is -3.60. The van der Waals surface area contributed by atoms with Crippen molar-refractivity contribution in [3.63, 3.8) is 0 Å². The smallest absolute Gasteiger partial charge is 0.345 e. The Balaban J connectivity index is 1.58. The van der Waals surface area contributed by atoms with Crippen molar-refractivity contribution in [3.05, 3.63) is 68.1 Å². The number of thiazole rings is 1. The maximum atomic E-state index is 12.9. The molecule has 27 heavy (non-hydrogen) atoms. The summed E-state index contributed by atoms with van der Waals surface area (Å²) in [5, 5.41) is 4.38. The summed E-state index contributed by atoms with van der Waals surface area (Å²) in [5.41, 5.74) is -0.901. The van der Waals surface area contributed by atoms with Crippen LogP contribution in [0.1, 0.15) is 10.4 Å². The zero-order valence-corrected chi connectivity index (χ0v) is 14.3. The number of aromatic amines is 2. The van der Waals surface area contributed by atoms with Gasteiger partial charge in [0.15, 0.2) is 11.7 Å². The van der Waals surface area contributed by atoms with Crippen LogP contribution in [0.4, 0.5) is 9.52 Å². The molecule has 0 radical (unpaired) electrons. The average Bonchev–Trinajstić information content (AvgIpc) is 3.08. The predicted octanol–water partition coefficient (Wildman–Crippen LogP) is 1.12. The van der Waals surface area contributed by atoms with Gasteiger partial charge in [0.05, 0.1) is 5.69 Å². The van der Waals surface area contributed by atoms with Gasteiger partial charge in [-0.25, -0.2) is 19.0 Å². The van der Waals surface area contributed by atoms with E-state index in [0.717, 1.165) is 17.5 Å². The Morgan fingerprint density at radius 1 is 1.22 bits per heavy atom. The molecule has 1 aromatic carbocycles. The molecule has 1 amide bonds. The number of amides is 1. The number of rotatable bonds is 5. The van der Waals surface area contributed by atoms with Crippen LogP contribution in [0.2, 0.25) is 0 Å². The van der Waals surface area contributed by atoms with Crippen LogP contribution in [-0.4, -0.2) is 33.4 Å². The number of aromatic nitrogens is 3. The number of H-pyrrole nitrogens is 2. The van der Waals surface area contributed by atoms with Gasteiger partial charge in [0.1, 0.15) is 11.4 Å². The summed E-state index contributed by atoms with van der Waals surface area (Å²) in [6.45, 7) is -0.650. The first-order valence-corrected chi connectivity index (χ1v) is 8.31. The van der Waals surface area contributed by atoms with Crippen molar-refractivity contribution < 1.29 is 18.7 Å². The molecular formula is C16H11FN4O5S. The molecule has 0 aliphatic carbocycles. The first-order valence-electron chi connectivity index (χ1n) is 7.43. The molecule has 0 aliphatic heterocycles. The first kappa shape index (κ1) is 18.2. The highest BCUT2D eigenvalue weighted by molar-refractivity contribution is 7.14. The lowest BCUT2D eigenvalue weighted by atomic mass is 10.2. The second-order valence-corrected chi connectivity index (χ2v) is 6.01. The molecule has 138 valence electrons. The molecule has 3 aromatic rings.